The highest BCUT2D eigenvalue weighted by atomic mass is 32.1. The Morgan fingerprint density at radius 3 is 2.72 bits per heavy atom. The largest absolute Gasteiger partial charge is 0.351 e. The molecule has 4 rings (SSSR count). The molecule has 3 heterocycles. The normalized spacial score (nSPS) is 22.4. The number of aromatic nitrogens is 3. The minimum Gasteiger partial charge on any atom is -0.351 e. The van der Waals surface area contributed by atoms with Crippen molar-refractivity contribution in [2.75, 3.05) is 0 Å². The Bertz CT molecular complexity index is 1110. The number of nitrogens with one attached hydrogen (secondary N) is 1. The molecule has 1 aliphatic rings. The molecule has 0 aliphatic heterocycles. The van der Waals surface area contributed by atoms with Crippen LogP contribution in [0.4, 0.5) is 0 Å². The van der Waals surface area contributed by atoms with E-state index in [2.05, 4.69) is 37.3 Å². The predicted octanol–water partition coefficient (Wildman–Crippen LogP) is 3.78. The lowest BCUT2D eigenvalue weighted by atomic mass is 9.78. The fourth-order valence-corrected chi connectivity index (χ4v) is 5.55. The van der Waals surface area contributed by atoms with Gasteiger partial charge in [-0.1, -0.05) is 40.5 Å². The van der Waals surface area contributed by atoms with E-state index < -0.39 is 0 Å². The van der Waals surface area contributed by atoms with Crippen LogP contribution < -0.4 is 10.9 Å². The second-order valence-electron chi connectivity index (χ2n) is 8.35. The summed E-state index contributed by atoms with van der Waals surface area (Å²) in [6, 6.07) is 4.28. The summed E-state index contributed by atoms with van der Waals surface area (Å²) in [7, 11) is 0. The molecule has 1 N–H and O–H groups in total. The van der Waals surface area contributed by atoms with Crippen LogP contribution in [0.15, 0.2) is 16.9 Å². The lowest BCUT2D eigenvalue weighted by Crippen LogP contribution is -2.46. The Hall–Kier alpha value is -2.15. The van der Waals surface area contributed by atoms with E-state index in [4.69, 9.17) is 0 Å². The number of hydrogen-bond donors (Lipinski definition) is 1. The minimum atomic E-state index is -0.205. The number of carbonyl (C=O) groups excluding carboxylic acids is 1. The van der Waals surface area contributed by atoms with E-state index in [1.807, 2.05) is 17.4 Å². The van der Waals surface area contributed by atoms with Gasteiger partial charge in [-0.25, -0.2) is 4.68 Å². The van der Waals surface area contributed by atoms with Crippen LogP contribution in [0.5, 0.6) is 0 Å². The fourth-order valence-electron chi connectivity index (χ4n) is 4.52. The third-order valence-corrected chi connectivity index (χ3v) is 7.72. The summed E-state index contributed by atoms with van der Waals surface area (Å²) in [6.45, 7) is 8.59. The molecule has 7 heteroatoms. The van der Waals surface area contributed by atoms with E-state index in [0.29, 0.717) is 23.8 Å². The van der Waals surface area contributed by atoms with Crippen LogP contribution >= 0.6 is 11.3 Å². The number of rotatable bonds is 5. The Labute approximate surface area is 174 Å². The summed E-state index contributed by atoms with van der Waals surface area (Å²) in [5.74, 6) is 1.75. The fraction of sp³-hybridized carbons (Fsp3) is 0.591. The first-order valence-electron chi connectivity index (χ1n) is 10.8. The number of hydrogen-bond acceptors (Lipinski definition) is 4. The third-order valence-electron chi connectivity index (χ3n) is 6.50. The van der Waals surface area contributed by atoms with Gasteiger partial charge in [0, 0.05) is 17.3 Å². The first-order chi connectivity index (χ1) is 13.9. The van der Waals surface area contributed by atoms with E-state index in [0.717, 1.165) is 35.3 Å². The first-order valence-corrected chi connectivity index (χ1v) is 11.6. The Balaban J connectivity index is 1.64. The maximum absolute atomic E-state index is 13.1. The van der Waals surface area contributed by atoms with Gasteiger partial charge in [-0.15, -0.1) is 11.3 Å². The topological polar surface area (TPSA) is 68.4 Å². The zero-order valence-electron chi connectivity index (χ0n) is 17.7. The van der Waals surface area contributed by atoms with Crippen LogP contribution in [0.25, 0.3) is 15.7 Å². The standard InChI is InChI=1S/C22H30N4O2S/c1-5-15-10-17-19(29-15)11-18-22(28)25(24-20(6-2)26(17)18)12-21(27)23-16-9-7-8-13(3)14(16)4/h10-11,13-14,16H,5-9,12H2,1-4H3,(H,23,27)/t13-,14-,16-/m1/s1. The molecule has 6 nitrogen and oxygen atoms in total. The molecule has 1 saturated carbocycles. The molecule has 1 fully saturated rings. The number of thiophene rings is 1. The lowest BCUT2D eigenvalue weighted by Gasteiger charge is -2.34. The Morgan fingerprint density at radius 2 is 2.00 bits per heavy atom. The van der Waals surface area contributed by atoms with Gasteiger partial charge in [0.05, 0.1) is 10.2 Å². The summed E-state index contributed by atoms with van der Waals surface area (Å²) in [5, 5.41) is 7.71. The highest BCUT2D eigenvalue weighted by molar-refractivity contribution is 7.19. The number of amides is 1. The van der Waals surface area contributed by atoms with Gasteiger partial charge in [0.15, 0.2) is 0 Å². The molecule has 1 amide bonds. The molecule has 0 saturated heterocycles. The van der Waals surface area contributed by atoms with E-state index in [-0.39, 0.29) is 24.1 Å². The van der Waals surface area contributed by atoms with Gasteiger partial charge >= 0.3 is 0 Å². The van der Waals surface area contributed by atoms with Crippen LogP contribution in [0.3, 0.4) is 0 Å². The van der Waals surface area contributed by atoms with Crippen LogP contribution in [-0.4, -0.2) is 26.1 Å². The summed E-state index contributed by atoms with van der Waals surface area (Å²) in [6.07, 6.45) is 5.04. The van der Waals surface area contributed by atoms with Gasteiger partial charge in [-0.05, 0) is 36.8 Å². The van der Waals surface area contributed by atoms with Gasteiger partial charge < -0.3 is 5.32 Å². The number of nitrogens with zero attached hydrogens (tertiary/aromatic N) is 3. The highest BCUT2D eigenvalue weighted by Gasteiger charge is 2.28. The van der Waals surface area contributed by atoms with Crippen LogP contribution in [0, 0.1) is 11.8 Å². The molecular weight excluding hydrogens is 384 g/mol. The smallest absolute Gasteiger partial charge is 0.291 e. The molecule has 0 unspecified atom stereocenters. The second kappa shape index (κ2) is 7.94. The number of carbonyl (C=O) groups is 1. The van der Waals surface area contributed by atoms with Gasteiger partial charge in [0.25, 0.3) is 5.56 Å². The van der Waals surface area contributed by atoms with Crippen LogP contribution in [0.2, 0.25) is 0 Å². The van der Waals surface area contributed by atoms with E-state index in [9.17, 15) is 9.59 Å². The predicted molar refractivity (Wildman–Crippen MR) is 118 cm³/mol. The maximum atomic E-state index is 13.1. The lowest BCUT2D eigenvalue weighted by molar-refractivity contribution is -0.123. The second-order valence-corrected chi connectivity index (χ2v) is 9.52. The number of aryl methyl sites for hydroxylation is 2. The third kappa shape index (κ3) is 3.61. The molecule has 1 aliphatic carbocycles. The number of fused-ring (bicyclic) bond motifs is 3. The summed E-state index contributed by atoms with van der Waals surface area (Å²) < 4.78 is 4.40. The zero-order valence-corrected chi connectivity index (χ0v) is 18.5. The van der Waals surface area contributed by atoms with Crippen molar-refractivity contribution in [1.29, 1.82) is 0 Å². The van der Waals surface area contributed by atoms with Gasteiger partial charge in [-0.2, -0.15) is 5.10 Å². The van der Waals surface area contributed by atoms with Crippen molar-refractivity contribution in [3.63, 3.8) is 0 Å². The highest BCUT2D eigenvalue weighted by Crippen LogP contribution is 2.30. The van der Waals surface area contributed by atoms with Crippen molar-refractivity contribution in [3.8, 4) is 0 Å². The van der Waals surface area contributed by atoms with Crippen molar-refractivity contribution in [1.82, 2.24) is 19.5 Å². The summed E-state index contributed by atoms with van der Waals surface area (Å²) in [5.41, 5.74) is 1.45. The molecule has 3 aromatic rings. The van der Waals surface area contributed by atoms with Gasteiger partial charge in [0.2, 0.25) is 5.91 Å². The Morgan fingerprint density at radius 1 is 1.21 bits per heavy atom. The Kier molecular flexibility index (Phi) is 5.51. The molecule has 0 aromatic carbocycles. The van der Waals surface area contributed by atoms with E-state index in [1.54, 1.807) is 11.3 Å². The minimum absolute atomic E-state index is 0.0288. The molecule has 156 valence electrons. The van der Waals surface area contributed by atoms with Gasteiger partial charge in [0.1, 0.15) is 17.9 Å². The molecular formula is C22H30N4O2S. The van der Waals surface area contributed by atoms with Crippen molar-refractivity contribution >= 4 is 33.0 Å². The van der Waals surface area contributed by atoms with Crippen molar-refractivity contribution in [3.05, 3.63) is 33.2 Å². The maximum Gasteiger partial charge on any atom is 0.291 e. The SMILES string of the molecule is CCc1cc2c(cc3c(=O)n(CC(=O)N[C@@H]4CCC[C@@H](C)[C@H]4C)nc(CC)n32)s1. The van der Waals surface area contributed by atoms with Gasteiger partial charge in [-0.3, -0.25) is 14.0 Å². The molecule has 0 radical (unpaired) electrons. The monoisotopic (exact) mass is 414 g/mol. The molecule has 3 atom stereocenters. The van der Waals surface area contributed by atoms with Crippen LogP contribution in [-0.2, 0) is 24.2 Å². The molecule has 3 aromatic heterocycles. The van der Waals surface area contributed by atoms with E-state index >= 15 is 0 Å². The average Bonchev–Trinajstić information content (AvgIpc) is 3.25. The average molecular weight is 415 g/mol. The summed E-state index contributed by atoms with van der Waals surface area (Å²) >= 11 is 1.72. The van der Waals surface area contributed by atoms with Crippen molar-refractivity contribution < 1.29 is 4.79 Å². The summed E-state index contributed by atoms with van der Waals surface area (Å²) in [4.78, 5) is 27.1. The van der Waals surface area contributed by atoms with E-state index in [1.165, 1.54) is 16.0 Å². The van der Waals surface area contributed by atoms with Crippen molar-refractivity contribution in [2.45, 2.75) is 72.4 Å². The zero-order chi connectivity index (χ0) is 20.7. The molecule has 0 spiro atoms. The first kappa shape index (κ1) is 20.1. The van der Waals surface area contributed by atoms with Crippen LogP contribution in [0.1, 0.15) is 57.7 Å². The quantitative estimate of drug-likeness (QED) is 0.691. The molecule has 29 heavy (non-hydrogen) atoms. The van der Waals surface area contributed by atoms with Crippen molar-refractivity contribution in [2.24, 2.45) is 11.8 Å². The molecule has 0 bridgehead atoms.